The van der Waals surface area contributed by atoms with Crippen molar-refractivity contribution < 1.29 is 13.2 Å². The Bertz CT molecular complexity index is 772. The largest absolute Gasteiger partial charge is 0.346 e. The number of amides is 1. The van der Waals surface area contributed by atoms with E-state index < -0.39 is 9.84 Å². The van der Waals surface area contributed by atoms with E-state index in [1.165, 1.54) is 17.3 Å². The summed E-state index contributed by atoms with van der Waals surface area (Å²) >= 11 is 1.48. The number of rotatable bonds is 4. The van der Waals surface area contributed by atoms with Gasteiger partial charge in [-0.25, -0.2) is 8.42 Å². The van der Waals surface area contributed by atoms with Crippen LogP contribution < -0.4 is 0 Å². The number of aliphatic imine (C=N–C) groups is 1. The van der Waals surface area contributed by atoms with E-state index in [0.29, 0.717) is 6.54 Å². The molecule has 0 bridgehead atoms. The van der Waals surface area contributed by atoms with Gasteiger partial charge in [-0.3, -0.25) is 4.79 Å². The lowest BCUT2D eigenvalue weighted by molar-refractivity contribution is -0.118. The summed E-state index contributed by atoms with van der Waals surface area (Å²) in [4.78, 5) is 18.5. The van der Waals surface area contributed by atoms with Gasteiger partial charge in [0.25, 0.3) is 5.91 Å². The zero-order chi connectivity index (χ0) is 16.7. The lowest BCUT2D eigenvalue weighted by Gasteiger charge is -2.24. The molecule has 2 heterocycles. The number of benzene rings is 1. The average molecular weight is 364 g/mol. The third-order valence-electron chi connectivity index (χ3n) is 4.79. The van der Waals surface area contributed by atoms with Crippen LogP contribution in [0, 0.1) is 5.92 Å². The van der Waals surface area contributed by atoms with Crippen LogP contribution in [0.5, 0.6) is 0 Å². The number of hydrogen-bond donors (Lipinski definition) is 0. The summed E-state index contributed by atoms with van der Waals surface area (Å²) < 4.78 is 23.9. The summed E-state index contributed by atoms with van der Waals surface area (Å²) in [5.74, 6) is 0.431. The van der Waals surface area contributed by atoms with E-state index in [-0.39, 0.29) is 34.6 Å². The van der Waals surface area contributed by atoms with Gasteiger partial charge in [-0.15, -0.1) is 0 Å². The van der Waals surface area contributed by atoms with Crippen molar-refractivity contribution in [3.05, 3.63) is 35.9 Å². The molecule has 2 atom stereocenters. The fourth-order valence-corrected chi connectivity index (χ4v) is 7.29. The number of amidine groups is 1. The molecule has 1 amide bonds. The number of hydrogen-bond acceptors (Lipinski definition) is 4. The minimum absolute atomic E-state index is 0.0107. The molecule has 0 spiro atoms. The van der Waals surface area contributed by atoms with Crippen molar-refractivity contribution in [2.24, 2.45) is 10.9 Å². The van der Waals surface area contributed by atoms with E-state index in [9.17, 15) is 13.2 Å². The first-order valence-electron chi connectivity index (χ1n) is 8.32. The maximum absolute atomic E-state index is 12.1. The highest BCUT2D eigenvalue weighted by Crippen LogP contribution is 2.39. The number of carbonyl (C=O) groups is 1. The van der Waals surface area contributed by atoms with E-state index in [4.69, 9.17) is 0 Å². The van der Waals surface area contributed by atoms with Gasteiger partial charge in [0.2, 0.25) is 0 Å². The van der Waals surface area contributed by atoms with Gasteiger partial charge >= 0.3 is 0 Å². The zero-order valence-corrected chi connectivity index (χ0v) is 14.9. The molecular weight excluding hydrogens is 344 g/mol. The van der Waals surface area contributed by atoms with Crippen LogP contribution in [0.3, 0.4) is 0 Å². The quantitative estimate of drug-likeness (QED) is 0.814. The van der Waals surface area contributed by atoms with Crippen molar-refractivity contribution >= 4 is 32.7 Å². The van der Waals surface area contributed by atoms with E-state index >= 15 is 0 Å². The highest BCUT2D eigenvalue weighted by atomic mass is 32.2. The molecule has 7 heteroatoms. The number of thioether (sulfide) groups is 1. The first-order valence-corrected chi connectivity index (χ1v) is 11.0. The molecule has 1 saturated carbocycles. The maximum Gasteiger partial charge on any atom is 0.251 e. The fraction of sp³-hybridized carbons (Fsp3) is 0.529. The summed E-state index contributed by atoms with van der Waals surface area (Å²) in [6.45, 7) is 0.699. The number of sulfone groups is 1. The number of nitrogens with zero attached hydrogens (tertiary/aromatic N) is 2. The van der Waals surface area contributed by atoms with Crippen molar-refractivity contribution in [2.75, 3.05) is 18.1 Å². The van der Waals surface area contributed by atoms with Gasteiger partial charge in [0, 0.05) is 17.7 Å². The van der Waals surface area contributed by atoms with Crippen molar-refractivity contribution in [3.8, 4) is 0 Å². The lowest BCUT2D eigenvalue weighted by Crippen LogP contribution is -2.39. The Kier molecular flexibility index (Phi) is 4.16. The Morgan fingerprint density at radius 1 is 1.21 bits per heavy atom. The van der Waals surface area contributed by atoms with E-state index in [2.05, 4.69) is 22.0 Å². The summed E-state index contributed by atoms with van der Waals surface area (Å²) in [5, 5.41) is 0.740. The maximum atomic E-state index is 12.1. The van der Waals surface area contributed by atoms with Crippen molar-refractivity contribution in [1.82, 2.24) is 4.90 Å². The molecule has 3 fully saturated rings. The molecule has 5 nitrogen and oxygen atoms in total. The molecule has 1 aliphatic carbocycles. The van der Waals surface area contributed by atoms with Crippen LogP contribution in [-0.4, -0.2) is 53.7 Å². The van der Waals surface area contributed by atoms with Gasteiger partial charge in [-0.05, 0) is 24.8 Å². The topological polar surface area (TPSA) is 66.8 Å². The lowest BCUT2D eigenvalue weighted by atomic mass is 10.1. The molecule has 0 radical (unpaired) electrons. The van der Waals surface area contributed by atoms with Crippen LogP contribution in [0.15, 0.2) is 35.3 Å². The minimum atomic E-state index is -2.98. The van der Waals surface area contributed by atoms with Gasteiger partial charge in [-0.1, -0.05) is 42.1 Å². The molecule has 128 valence electrons. The van der Waals surface area contributed by atoms with Gasteiger partial charge in [0.1, 0.15) is 0 Å². The zero-order valence-electron chi connectivity index (χ0n) is 13.3. The molecule has 4 rings (SSSR count). The normalized spacial score (nSPS) is 29.8. The standard InChI is InChI=1S/C17H20N2O3S2/c20-16(13-6-7-13)18-17-19(9-8-12-4-2-1-3-5-12)14-10-24(21,22)11-15(14)23-17/h1-5,13-15H,6-11H2/t14-,15-/m0/s1. The van der Waals surface area contributed by atoms with Crippen molar-refractivity contribution in [2.45, 2.75) is 30.6 Å². The Balaban J connectivity index is 1.54. The molecule has 1 aromatic carbocycles. The monoisotopic (exact) mass is 364 g/mol. The summed E-state index contributed by atoms with van der Waals surface area (Å²) in [6, 6.07) is 10.1. The third-order valence-corrected chi connectivity index (χ3v) is 8.04. The fourth-order valence-electron chi connectivity index (χ4n) is 3.31. The summed E-state index contributed by atoms with van der Waals surface area (Å²) in [7, 11) is -2.98. The molecule has 0 N–H and O–H groups in total. The molecule has 2 aliphatic heterocycles. The van der Waals surface area contributed by atoms with E-state index in [1.807, 2.05) is 18.2 Å². The predicted molar refractivity (Wildman–Crippen MR) is 95.8 cm³/mol. The first kappa shape index (κ1) is 16.1. The Morgan fingerprint density at radius 3 is 2.67 bits per heavy atom. The molecule has 1 aromatic rings. The SMILES string of the molecule is O=C(N=C1S[C@H]2CS(=O)(=O)C[C@@H]2N1CCc1ccccc1)C1CC1. The average Bonchev–Trinajstić information content (AvgIpc) is 3.29. The number of fused-ring (bicyclic) bond motifs is 1. The minimum Gasteiger partial charge on any atom is -0.346 e. The van der Waals surface area contributed by atoms with Gasteiger partial charge in [-0.2, -0.15) is 4.99 Å². The predicted octanol–water partition coefficient (Wildman–Crippen LogP) is 1.74. The Hall–Kier alpha value is -1.34. The van der Waals surface area contributed by atoms with Crippen LogP contribution in [0.25, 0.3) is 0 Å². The van der Waals surface area contributed by atoms with Crippen LogP contribution in [-0.2, 0) is 21.1 Å². The van der Waals surface area contributed by atoms with Crippen LogP contribution >= 0.6 is 11.8 Å². The number of carbonyl (C=O) groups excluding carboxylic acids is 1. The molecule has 2 saturated heterocycles. The van der Waals surface area contributed by atoms with Gasteiger partial charge < -0.3 is 4.90 Å². The summed E-state index contributed by atoms with van der Waals surface area (Å²) in [5.41, 5.74) is 1.21. The molecule has 24 heavy (non-hydrogen) atoms. The Morgan fingerprint density at radius 2 is 1.96 bits per heavy atom. The highest BCUT2D eigenvalue weighted by Gasteiger charge is 2.48. The van der Waals surface area contributed by atoms with Crippen LogP contribution in [0.2, 0.25) is 0 Å². The Labute approximate surface area is 146 Å². The van der Waals surface area contributed by atoms with Crippen molar-refractivity contribution in [1.29, 1.82) is 0 Å². The molecule has 0 unspecified atom stereocenters. The van der Waals surface area contributed by atoms with Crippen molar-refractivity contribution in [3.63, 3.8) is 0 Å². The molecule has 0 aromatic heterocycles. The first-order chi connectivity index (χ1) is 11.5. The van der Waals surface area contributed by atoms with Crippen LogP contribution in [0.4, 0.5) is 0 Å². The molecule has 3 aliphatic rings. The van der Waals surface area contributed by atoms with Gasteiger partial charge in [0.05, 0.1) is 17.5 Å². The highest BCUT2D eigenvalue weighted by molar-refractivity contribution is 8.15. The van der Waals surface area contributed by atoms with E-state index in [0.717, 1.165) is 24.4 Å². The van der Waals surface area contributed by atoms with Gasteiger partial charge in [0.15, 0.2) is 15.0 Å². The second-order valence-corrected chi connectivity index (χ2v) is 10.1. The summed E-state index contributed by atoms with van der Waals surface area (Å²) in [6.07, 6.45) is 2.69. The van der Waals surface area contributed by atoms with Crippen LogP contribution in [0.1, 0.15) is 18.4 Å². The third kappa shape index (κ3) is 3.37. The second kappa shape index (κ2) is 6.19. The second-order valence-electron chi connectivity index (χ2n) is 6.74. The molecular formula is C17H20N2O3S2. The smallest absolute Gasteiger partial charge is 0.251 e. The van der Waals surface area contributed by atoms with E-state index in [1.54, 1.807) is 0 Å².